The molecular weight excluding hydrogens is 272 g/mol. The van der Waals surface area contributed by atoms with Crippen molar-refractivity contribution in [2.24, 2.45) is 0 Å². The number of rotatable bonds is 5. The van der Waals surface area contributed by atoms with Gasteiger partial charge in [0.2, 0.25) is 0 Å². The molecule has 0 spiro atoms. The van der Waals surface area contributed by atoms with Crippen molar-refractivity contribution in [3.63, 3.8) is 0 Å². The van der Waals surface area contributed by atoms with E-state index in [-0.39, 0.29) is 18.6 Å². The van der Waals surface area contributed by atoms with Crippen LogP contribution in [0.25, 0.3) is 0 Å². The minimum absolute atomic E-state index is 0.117. The second-order valence-corrected chi connectivity index (χ2v) is 4.87. The highest BCUT2D eigenvalue weighted by atomic mass is 16.5. The molecule has 0 amide bonds. The molecule has 0 saturated heterocycles. The maximum Gasteiger partial charge on any atom is 0.308 e. The van der Waals surface area contributed by atoms with Crippen LogP contribution in [-0.4, -0.2) is 21.0 Å². The van der Waals surface area contributed by atoms with Crippen molar-refractivity contribution in [3.05, 3.63) is 57.3 Å². The smallest absolute Gasteiger partial charge is 0.308 e. The number of carboxylic acids is 1. The summed E-state index contributed by atoms with van der Waals surface area (Å²) in [6.45, 7) is 4.06. The first-order valence-electron chi connectivity index (χ1n) is 6.44. The molecule has 0 aliphatic carbocycles. The summed E-state index contributed by atoms with van der Waals surface area (Å²) in [6.07, 6.45) is 0.924. The zero-order valence-corrected chi connectivity index (χ0v) is 11.8. The van der Waals surface area contributed by atoms with Crippen LogP contribution in [0.5, 0.6) is 5.75 Å². The molecule has 0 atom stereocenters. The summed E-state index contributed by atoms with van der Waals surface area (Å²) in [4.78, 5) is 28.8. The lowest BCUT2D eigenvalue weighted by Gasteiger charge is -2.08. The number of nitrogens with one attached hydrogen (secondary N) is 1. The van der Waals surface area contributed by atoms with Crippen LogP contribution in [0.2, 0.25) is 0 Å². The highest BCUT2D eigenvalue weighted by Crippen LogP contribution is 2.16. The molecule has 2 rings (SSSR count). The van der Waals surface area contributed by atoms with Crippen molar-refractivity contribution in [1.82, 2.24) is 9.97 Å². The summed E-state index contributed by atoms with van der Waals surface area (Å²) in [5, 5.41) is 8.66. The molecule has 1 aromatic heterocycles. The van der Waals surface area contributed by atoms with Gasteiger partial charge in [0, 0.05) is 11.8 Å². The third-order valence-corrected chi connectivity index (χ3v) is 2.84. The van der Waals surface area contributed by atoms with E-state index in [0.29, 0.717) is 11.6 Å². The second kappa shape index (κ2) is 6.21. The summed E-state index contributed by atoms with van der Waals surface area (Å²) in [5.74, 6) is -0.0143. The van der Waals surface area contributed by atoms with Gasteiger partial charge in [0.1, 0.15) is 18.2 Å². The van der Waals surface area contributed by atoms with E-state index in [1.165, 1.54) is 6.20 Å². The molecule has 0 bridgehead atoms. The van der Waals surface area contributed by atoms with Crippen LogP contribution in [0.15, 0.2) is 29.2 Å². The molecule has 0 fully saturated rings. The number of aromatic nitrogens is 2. The van der Waals surface area contributed by atoms with Crippen LogP contribution in [0, 0.1) is 13.8 Å². The average molecular weight is 288 g/mol. The lowest BCUT2D eigenvalue weighted by atomic mass is 10.1. The van der Waals surface area contributed by atoms with E-state index >= 15 is 0 Å². The van der Waals surface area contributed by atoms with E-state index in [1.54, 1.807) is 0 Å². The molecule has 0 saturated carbocycles. The number of hydrogen-bond acceptors (Lipinski definition) is 4. The van der Waals surface area contributed by atoms with Gasteiger partial charge in [0.15, 0.2) is 0 Å². The molecule has 1 heterocycles. The average Bonchev–Trinajstić information content (AvgIpc) is 2.38. The zero-order valence-electron chi connectivity index (χ0n) is 11.8. The van der Waals surface area contributed by atoms with Crippen LogP contribution in [0.4, 0.5) is 0 Å². The van der Waals surface area contributed by atoms with E-state index in [1.807, 2.05) is 32.0 Å². The van der Waals surface area contributed by atoms with Crippen LogP contribution in [-0.2, 0) is 17.8 Å². The predicted octanol–water partition coefficient (Wildman–Crippen LogP) is 1.59. The van der Waals surface area contributed by atoms with E-state index in [9.17, 15) is 9.59 Å². The molecule has 0 aliphatic rings. The topological polar surface area (TPSA) is 92.3 Å². The van der Waals surface area contributed by atoms with Gasteiger partial charge < -0.3 is 14.8 Å². The van der Waals surface area contributed by atoms with Crippen LogP contribution in [0.1, 0.15) is 22.5 Å². The molecule has 110 valence electrons. The number of carboxylic acid groups (broad SMARTS) is 1. The lowest BCUT2D eigenvalue weighted by molar-refractivity contribution is -0.136. The summed E-state index contributed by atoms with van der Waals surface area (Å²) >= 11 is 0. The molecule has 21 heavy (non-hydrogen) atoms. The number of benzene rings is 1. The third-order valence-electron chi connectivity index (χ3n) is 2.84. The molecule has 2 N–H and O–H groups in total. The predicted molar refractivity (Wildman–Crippen MR) is 76.4 cm³/mol. The molecule has 6 heteroatoms. The van der Waals surface area contributed by atoms with Crippen molar-refractivity contribution in [2.45, 2.75) is 26.9 Å². The monoisotopic (exact) mass is 288 g/mol. The Kier molecular flexibility index (Phi) is 4.37. The largest absolute Gasteiger partial charge is 0.486 e. The van der Waals surface area contributed by atoms with Gasteiger partial charge in [-0.2, -0.15) is 0 Å². The Morgan fingerprint density at radius 1 is 1.29 bits per heavy atom. The highest BCUT2D eigenvalue weighted by Gasteiger charge is 2.07. The first-order valence-corrected chi connectivity index (χ1v) is 6.44. The fourth-order valence-corrected chi connectivity index (χ4v) is 1.99. The van der Waals surface area contributed by atoms with Gasteiger partial charge in [-0.3, -0.25) is 9.59 Å². The maximum atomic E-state index is 11.7. The number of aliphatic carboxylic acids is 1. The number of aryl methyl sites for hydroxylation is 2. The molecular formula is C15H16N2O4. The zero-order chi connectivity index (χ0) is 15.4. The number of aromatic amines is 1. The van der Waals surface area contributed by atoms with Gasteiger partial charge >= 0.3 is 5.97 Å². The Balaban J connectivity index is 2.08. The van der Waals surface area contributed by atoms with Crippen LogP contribution >= 0.6 is 0 Å². The van der Waals surface area contributed by atoms with Crippen LogP contribution in [0.3, 0.4) is 0 Å². The van der Waals surface area contributed by atoms with Crippen molar-refractivity contribution in [2.75, 3.05) is 0 Å². The van der Waals surface area contributed by atoms with Gasteiger partial charge in [0.25, 0.3) is 5.56 Å². The summed E-state index contributed by atoms with van der Waals surface area (Å²) in [6, 6.07) is 5.82. The Hall–Kier alpha value is -2.63. The number of H-pyrrole nitrogens is 1. The standard InChI is InChI=1S/C15H16N2O4/c1-9-3-10(2)5-12(4-9)21-8-13-16-7-11(6-14(18)19)15(20)17-13/h3-5,7H,6,8H2,1-2H3,(H,18,19)(H,16,17,20). The van der Waals surface area contributed by atoms with E-state index < -0.39 is 11.5 Å². The van der Waals surface area contributed by atoms with Gasteiger partial charge in [-0.1, -0.05) is 6.07 Å². The molecule has 2 aromatic rings. The van der Waals surface area contributed by atoms with E-state index in [0.717, 1.165) is 11.1 Å². The van der Waals surface area contributed by atoms with Crippen molar-refractivity contribution < 1.29 is 14.6 Å². The van der Waals surface area contributed by atoms with E-state index in [2.05, 4.69) is 9.97 Å². The Morgan fingerprint density at radius 3 is 2.52 bits per heavy atom. The van der Waals surface area contributed by atoms with Crippen molar-refractivity contribution in [1.29, 1.82) is 0 Å². The molecule has 0 radical (unpaired) electrons. The second-order valence-electron chi connectivity index (χ2n) is 4.87. The number of carbonyl (C=O) groups is 1. The quantitative estimate of drug-likeness (QED) is 0.871. The van der Waals surface area contributed by atoms with Gasteiger partial charge in [-0.25, -0.2) is 4.98 Å². The first kappa shape index (κ1) is 14.8. The number of nitrogens with zero attached hydrogens (tertiary/aromatic N) is 1. The normalized spacial score (nSPS) is 10.4. The maximum absolute atomic E-state index is 11.7. The van der Waals surface area contributed by atoms with Crippen molar-refractivity contribution in [3.8, 4) is 5.75 Å². The third kappa shape index (κ3) is 4.17. The van der Waals surface area contributed by atoms with Gasteiger partial charge in [-0.15, -0.1) is 0 Å². The fraction of sp³-hybridized carbons (Fsp3) is 0.267. The van der Waals surface area contributed by atoms with E-state index in [4.69, 9.17) is 9.84 Å². The highest BCUT2D eigenvalue weighted by molar-refractivity contribution is 5.69. The SMILES string of the molecule is Cc1cc(C)cc(OCc2ncc(CC(=O)O)c(=O)[nH]2)c1. The summed E-state index contributed by atoms with van der Waals surface area (Å²) < 4.78 is 5.58. The van der Waals surface area contributed by atoms with Gasteiger partial charge in [-0.05, 0) is 37.1 Å². The molecule has 0 unspecified atom stereocenters. The summed E-state index contributed by atoms with van der Waals surface area (Å²) in [5.41, 5.74) is 1.84. The van der Waals surface area contributed by atoms with Gasteiger partial charge in [0.05, 0.1) is 6.42 Å². The first-order chi connectivity index (χ1) is 9.94. The molecule has 0 aliphatic heterocycles. The number of hydrogen-bond donors (Lipinski definition) is 2. The lowest BCUT2D eigenvalue weighted by Crippen LogP contribution is -2.19. The number of ether oxygens (including phenoxy) is 1. The minimum atomic E-state index is -1.07. The fourth-order valence-electron chi connectivity index (χ4n) is 1.99. The Bertz CT molecular complexity index is 702. The molecule has 1 aromatic carbocycles. The minimum Gasteiger partial charge on any atom is -0.486 e. The summed E-state index contributed by atoms with van der Waals surface area (Å²) in [7, 11) is 0. The molecule has 6 nitrogen and oxygen atoms in total. The Morgan fingerprint density at radius 2 is 1.95 bits per heavy atom. The van der Waals surface area contributed by atoms with Crippen LogP contribution < -0.4 is 10.3 Å². The Labute approximate surface area is 121 Å². The van der Waals surface area contributed by atoms with Crippen molar-refractivity contribution >= 4 is 5.97 Å².